The molecule has 108 valence electrons. The number of ether oxygens (including phenoxy) is 1. The summed E-state index contributed by atoms with van der Waals surface area (Å²) < 4.78 is 7.15. The number of benzene rings is 1. The smallest absolute Gasteiger partial charge is 0.122 e. The molecule has 1 unspecified atom stereocenters. The number of rotatable bonds is 6. The average Bonchev–Trinajstić information content (AvgIpc) is 2.81. The number of nitrogens with zero attached hydrogens (tertiary/aromatic N) is 2. The summed E-state index contributed by atoms with van der Waals surface area (Å²) in [5, 5.41) is 15.2. The fourth-order valence-electron chi connectivity index (χ4n) is 2.10. The zero-order valence-corrected chi connectivity index (χ0v) is 12.5. The van der Waals surface area contributed by atoms with Gasteiger partial charge in [-0.2, -0.15) is 5.10 Å². The fraction of sp³-hybridized carbons (Fsp3) is 0.400. The predicted molar refractivity (Wildman–Crippen MR) is 79.2 cm³/mol. The Morgan fingerprint density at radius 3 is 2.60 bits per heavy atom. The van der Waals surface area contributed by atoms with Gasteiger partial charge in [0.2, 0.25) is 0 Å². The first-order valence-electron chi connectivity index (χ1n) is 6.79. The van der Waals surface area contributed by atoms with E-state index in [1.54, 1.807) is 10.9 Å². The van der Waals surface area contributed by atoms with Crippen molar-refractivity contribution in [2.75, 3.05) is 6.61 Å². The van der Waals surface area contributed by atoms with E-state index in [4.69, 9.17) is 16.3 Å². The van der Waals surface area contributed by atoms with Crippen molar-refractivity contribution in [3.63, 3.8) is 0 Å². The summed E-state index contributed by atoms with van der Waals surface area (Å²) in [6, 6.07) is 7.37. The highest BCUT2D eigenvalue weighted by molar-refractivity contribution is 6.31. The molecule has 1 aromatic heterocycles. The van der Waals surface area contributed by atoms with Gasteiger partial charge in [0.1, 0.15) is 11.9 Å². The molecular formula is C15H19ClN2O2. The number of aromatic nitrogens is 2. The Morgan fingerprint density at radius 1 is 1.30 bits per heavy atom. The van der Waals surface area contributed by atoms with Crippen LogP contribution in [0.1, 0.15) is 37.6 Å². The Balaban J connectivity index is 2.26. The monoisotopic (exact) mass is 294 g/mol. The lowest BCUT2D eigenvalue weighted by Crippen LogP contribution is -2.10. The van der Waals surface area contributed by atoms with Crippen molar-refractivity contribution >= 4 is 11.6 Å². The minimum absolute atomic E-state index is 0.486. The second kappa shape index (κ2) is 6.77. The molecule has 0 saturated carbocycles. The van der Waals surface area contributed by atoms with Crippen LogP contribution in [0.5, 0.6) is 5.75 Å². The largest absolute Gasteiger partial charge is 0.494 e. The molecule has 0 aliphatic carbocycles. The standard InChI is InChI=1S/C15H19ClN2O2/c1-3-9-18-14(13(16)10-17-18)15(19)11-5-7-12(8-6-11)20-4-2/h5-8,10,15,19H,3-4,9H2,1-2H3. The average molecular weight is 295 g/mol. The molecule has 1 N–H and O–H groups in total. The maximum atomic E-state index is 10.5. The van der Waals surface area contributed by atoms with Gasteiger partial charge in [-0.1, -0.05) is 30.7 Å². The van der Waals surface area contributed by atoms with Crippen LogP contribution in [0.15, 0.2) is 30.5 Å². The molecule has 0 fully saturated rings. The van der Waals surface area contributed by atoms with Crippen molar-refractivity contribution in [2.45, 2.75) is 32.9 Å². The lowest BCUT2D eigenvalue weighted by molar-refractivity contribution is 0.207. The fourth-order valence-corrected chi connectivity index (χ4v) is 2.35. The van der Waals surface area contributed by atoms with Crippen molar-refractivity contribution in [2.24, 2.45) is 0 Å². The van der Waals surface area contributed by atoms with Gasteiger partial charge in [-0.3, -0.25) is 4.68 Å². The molecule has 5 heteroatoms. The summed E-state index contributed by atoms with van der Waals surface area (Å²) in [6.45, 7) is 5.35. The van der Waals surface area contributed by atoms with Gasteiger partial charge in [-0.25, -0.2) is 0 Å². The second-order valence-electron chi connectivity index (χ2n) is 4.51. The van der Waals surface area contributed by atoms with Crippen LogP contribution < -0.4 is 4.74 Å². The first-order valence-corrected chi connectivity index (χ1v) is 7.17. The quantitative estimate of drug-likeness (QED) is 0.888. The molecule has 0 radical (unpaired) electrons. The highest BCUT2D eigenvalue weighted by Gasteiger charge is 2.19. The molecule has 0 amide bonds. The summed E-state index contributed by atoms with van der Waals surface area (Å²) in [7, 11) is 0. The molecule has 1 aromatic carbocycles. The minimum atomic E-state index is -0.785. The van der Waals surface area contributed by atoms with Crippen molar-refractivity contribution in [3.05, 3.63) is 46.7 Å². The molecule has 0 saturated heterocycles. The van der Waals surface area contributed by atoms with Crippen LogP contribution in [-0.4, -0.2) is 21.5 Å². The van der Waals surface area contributed by atoms with E-state index in [0.717, 1.165) is 24.3 Å². The van der Waals surface area contributed by atoms with Gasteiger partial charge in [0.05, 0.1) is 23.5 Å². The molecule has 1 heterocycles. The van der Waals surface area contributed by atoms with Crippen LogP contribution in [0.25, 0.3) is 0 Å². The molecule has 0 aliphatic rings. The van der Waals surface area contributed by atoms with Gasteiger partial charge < -0.3 is 9.84 Å². The molecule has 2 aromatic rings. The molecular weight excluding hydrogens is 276 g/mol. The van der Waals surface area contributed by atoms with Crippen LogP contribution >= 0.6 is 11.6 Å². The van der Waals surface area contributed by atoms with Gasteiger partial charge in [0.15, 0.2) is 0 Å². The first kappa shape index (κ1) is 14.9. The molecule has 2 rings (SSSR count). The Morgan fingerprint density at radius 2 is 2.00 bits per heavy atom. The molecule has 20 heavy (non-hydrogen) atoms. The SMILES string of the molecule is CCCn1ncc(Cl)c1C(O)c1ccc(OCC)cc1. The van der Waals surface area contributed by atoms with Crippen molar-refractivity contribution in [1.29, 1.82) is 0 Å². The molecule has 0 aliphatic heterocycles. The maximum absolute atomic E-state index is 10.5. The van der Waals surface area contributed by atoms with Crippen LogP contribution in [0.4, 0.5) is 0 Å². The molecule has 0 bridgehead atoms. The van der Waals surface area contributed by atoms with Gasteiger partial charge in [-0.05, 0) is 31.0 Å². The molecule has 1 atom stereocenters. The van der Waals surface area contributed by atoms with E-state index in [-0.39, 0.29) is 0 Å². The van der Waals surface area contributed by atoms with Crippen LogP contribution in [0.2, 0.25) is 5.02 Å². The van der Waals surface area contributed by atoms with Gasteiger partial charge in [0.25, 0.3) is 0 Å². The Kier molecular flexibility index (Phi) is 5.04. The highest BCUT2D eigenvalue weighted by Crippen LogP contribution is 2.29. The van der Waals surface area contributed by atoms with E-state index >= 15 is 0 Å². The number of aryl methyl sites for hydroxylation is 1. The van der Waals surface area contributed by atoms with E-state index in [1.807, 2.05) is 31.2 Å². The maximum Gasteiger partial charge on any atom is 0.122 e. The van der Waals surface area contributed by atoms with Gasteiger partial charge in [-0.15, -0.1) is 0 Å². The summed E-state index contributed by atoms with van der Waals surface area (Å²) in [5.74, 6) is 0.789. The predicted octanol–water partition coefficient (Wildman–Crippen LogP) is 3.43. The van der Waals surface area contributed by atoms with Crippen LogP contribution in [0.3, 0.4) is 0 Å². The third kappa shape index (κ3) is 3.14. The normalized spacial score (nSPS) is 12.4. The second-order valence-corrected chi connectivity index (χ2v) is 4.91. The summed E-state index contributed by atoms with van der Waals surface area (Å²) in [6.07, 6.45) is 1.72. The highest BCUT2D eigenvalue weighted by atomic mass is 35.5. The molecule has 4 nitrogen and oxygen atoms in total. The van der Waals surface area contributed by atoms with Crippen molar-refractivity contribution < 1.29 is 9.84 Å². The zero-order valence-electron chi connectivity index (χ0n) is 11.7. The number of hydrogen-bond acceptors (Lipinski definition) is 3. The van der Waals surface area contributed by atoms with Crippen molar-refractivity contribution in [3.8, 4) is 5.75 Å². The van der Waals surface area contributed by atoms with Gasteiger partial charge in [0, 0.05) is 6.54 Å². The van der Waals surface area contributed by atoms with E-state index in [2.05, 4.69) is 12.0 Å². The Labute approximate surface area is 123 Å². The zero-order chi connectivity index (χ0) is 14.5. The van der Waals surface area contributed by atoms with Crippen LogP contribution in [0, 0.1) is 0 Å². The van der Waals surface area contributed by atoms with Crippen molar-refractivity contribution in [1.82, 2.24) is 9.78 Å². The first-order chi connectivity index (χ1) is 9.67. The summed E-state index contributed by atoms with van der Waals surface area (Å²) in [4.78, 5) is 0. The third-order valence-electron chi connectivity index (χ3n) is 3.03. The lowest BCUT2D eigenvalue weighted by atomic mass is 10.1. The number of aliphatic hydroxyl groups excluding tert-OH is 1. The lowest BCUT2D eigenvalue weighted by Gasteiger charge is -2.14. The topological polar surface area (TPSA) is 47.3 Å². The Hall–Kier alpha value is -1.52. The number of halogens is 1. The molecule has 0 spiro atoms. The van der Waals surface area contributed by atoms with E-state index in [0.29, 0.717) is 17.3 Å². The Bertz CT molecular complexity index is 552. The number of hydrogen-bond donors (Lipinski definition) is 1. The minimum Gasteiger partial charge on any atom is -0.494 e. The third-order valence-corrected chi connectivity index (χ3v) is 3.33. The summed E-state index contributed by atoms with van der Waals surface area (Å²) >= 11 is 6.14. The summed E-state index contributed by atoms with van der Waals surface area (Å²) in [5.41, 5.74) is 1.41. The van der Waals surface area contributed by atoms with E-state index in [1.165, 1.54) is 0 Å². The van der Waals surface area contributed by atoms with E-state index in [9.17, 15) is 5.11 Å². The van der Waals surface area contributed by atoms with E-state index < -0.39 is 6.10 Å². The van der Waals surface area contributed by atoms with Crippen LogP contribution in [-0.2, 0) is 6.54 Å². The van der Waals surface area contributed by atoms with Gasteiger partial charge >= 0.3 is 0 Å². The number of aliphatic hydroxyl groups is 1.